The van der Waals surface area contributed by atoms with Gasteiger partial charge in [-0.05, 0) is 30.2 Å². The van der Waals surface area contributed by atoms with Crippen LogP contribution in [0.2, 0.25) is 0 Å². The highest BCUT2D eigenvalue weighted by Crippen LogP contribution is 2.41. The van der Waals surface area contributed by atoms with Crippen LogP contribution in [0.25, 0.3) is 0 Å². The molecule has 4 rings (SSSR count). The Kier molecular flexibility index (Phi) is 6.74. The fourth-order valence-corrected chi connectivity index (χ4v) is 4.80. The first kappa shape index (κ1) is 21.5. The molecule has 0 fully saturated rings. The van der Waals surface area contributed by atoms with E-state index in [9.17, 15) is 10.1 Å². The lowest BCUT2D eigenvalue weighted by Crippen LogP contribution is -2.30. The summed E-state index contributed by atoms with van der Waals surface area (Å²) in [7, 11) is 0. The van der Waals surface area contributed by atoms with Crippen molar-refractivity contribution in [1.29, 1.82) is 5.26 Å². The number of thioether (sulfide) groups is 1. The van der Waals surface area contributed by atoms with Crippen LogP contribution in [-0.2, 0) is 10.5 Å². The maximum atomic E-state index is 13.4. The van der Waals surface area contributed by atoms with Crippen molar-refractivity contribution in [3.8, 4) is 6.07 Å². The number of benzene rings is 3. The Hall–Kier alpha value is -3.75. The average molecular weight is 438 g/mol. The van der Waals surface area contributed by atoms with Crippen molar-refractivity contribution >= 4 is 23.4 Å². The molecule has 0 saturated carbocycles. The number of nitrogens with zero attached hydrogens (tertiary/aromatic N) is 1. The van der Waals surface area contributed by atoms with Gasteiger partial charge in [0.1, 0.15) is 0 Å². The molecule has 1 aliphatic rings. The molecule has 2 N–H and O–H groups in total. The van der Waals surface area contributed by atoms with E-state index in [-0.39, 0.29) is 5.91 Å². The summed E-state index contributed by atoms with van der Waals surface area (Å²) in [6, 6.07) is 31.6. The molecule has 0 unspecified atom stereocenters. The third-order valence-electron chi connectivity index (χ3n) is 5.28. The van der Waals surface area contributed by atoms with E-state index in [1.165, 1.54) is 5.56 Å². The van der Waals surface area contributed by atoms with Gasteiger partial charge >= 0.3 is 0 Å². The Morgan fingerprint density at radius 3 is 2.19 bits per heavy atom. The maximum absolute atomic E-state index is 13.4. The minimum atomic E-state index is -0.440. The highest BCUT2D eigenvalue weighted by molar-refractivity contribution is 8.02. The molecule has 3 aromatic carbocycles. The fraction of sp³-hybridized carbons (Fsp3) is 0.111. The minimum Gasteiger partial charge on any atom is -0.353 e. The van der Waals surface area contributed by atoms with E-state index in [4.69, 9.17) is 0 Å². The van der Waals surface area contributed by atoms with Gasteiger partial charge in [-0.3, -0.25) is 4.79 Å². The lowest BCUT2D eigenvalue weighted by Gasteiger charge is -2.30. The molecule has 32 heavy (non-hydrogen) atoms. The van der Waals surface area contributed by atoms with E-state index in [2.05, 4.69) is 28.8 Å². The molecular formula is C27H23N3OS. The van der Waals surface area contributed by atoms with Gasteiger partial charge in [0.05, 0.1) is 22.6 Å². The molecule has 1 atom stereocenters. The Balaban J connectivity index is 1.70. The number of anilines is 1. The number of allylic oxidation sites excluding steroid dienone is 2. The number of rotatable bonds is 6. The molecule has 4 nitrogen and oxygen atoms in total. The predicted octanol–water partition coefficient (Wildman–Crippen LogP) is 5.95. The van der Waals surface area contributed by atoms with Crippen molar-refractivity contribution in [2.75, 3.05) is 5.32 Å². The lowest BCUT2D eigenvalue weighted by atomic mass is 9.82. The van der Waals surface area contributed by atoms with E-state index in [1.54, 1.807) is 11.8 Å². The first-order valence-electron chi connectivity index (χ1n) is 10.4. The molecule has 1 amide bonds. The summed E-state index contributed by atoms with van der Waals surface area (Å²) in [5.74, 6) is 0.0775. The molecule has 0 bridgehead atoms. The van der Waals surface area contributed by atoms with Gasteiger partial charge < -0.3 is 10.6 Å². The molecule has 1 heterocycles. The summed E-state index contributed by atoms with van der Waals surface area (Å²) in [5, 5.41) is 17.3. The van der Waals surface area contributed by atoms with Crippen LogP contribution in [0.4, 0.5) is 5.69 Å². The van der Waals surface area contributed by atoms with Crippen molar-refractivity contribution < 1.29 is 4.79 Å². The molecule has 3 aromatic rings. The van der Waals surface area contributed by atoms with Crippen molar-refractivity contribution in [2.24, 2.45) is 0 Å². The van der Waals surface area contributed by atoms with E-state index in [1.807, 2.05) is 85.8 Å². The number of carbonyl (C=O) groups excluding carboxylic acids is 1. The largest absolute Gasteiger partial charge is 0.353 e. The molecule has 0 radical (unpaired) electrons. The van der Waals surface area contributed by atoms with Gasteiger partial charge in [0.2, 0.25) is 0 Å². The summed E-state index contributed by atoms with van der Waals surface area (Å²) >= 11 is 1.58. The second-order valence-electron chi connectivity index (χ2n) is 7.46. The number of nitrogens with one attached hydrogen (secondary N) is 2. The van der Waals surface area contributed by atoms with Crippen LogP contribution in [0.1, 0.15) is 24.0 Å². The zero-order valence-corrected chi connectivity index (χ0v) is 18.5. The lowest BCUT2D eigenvalue weighted by molar-refractivity contribution is -0.113. The minimum absolute atomic E-state index is 0.213. The van der Waals surface area contributed by atoms with Gasteiger partial charge in [0, 0.05) is 22.7 Å². The molecule has 158 valence electrons. The average Bonchev–Trinajstić information content (AvgIpc) is 2.84. The quantitative estimate of drug-likeness (QED) is 0.500. The van der Waals surface area contributed by atoms with E-state index < -0.39 is 5.92 Å². The highest BCUT2D eigenvalue weighted by Gasteiger charge is 2.34. The molecule has 0 aliphatic carbocycles. The first-order valence-corrected chi connectivity index (χ1v) is 11.4. The van der Waals surface area contributed by atoms with Crippen LogP contribution in [-0.4, -0.2) is 5.91 Å². The fourth-order valence-electron chi connectivity index (χ4n) is 3.76. The molecule has 0 aromatic heterocycles. The Morgan fingerprint density at radius 2 is 1.56 bits per heavy atom. The summed E-state index contributed by atoms with van der Waals surface area (Å²) in [6.07, 6.45) is 0. The number of hydrogen-bond acceptors (Lipinski definition) is 4. The number of amides is 1. The SMILES string of the molecule is CC1=C(C(=O)Nc2ccccc2)[C@H](c2ccccc2)C(C#N)=C(SCc2ccccc2)N1. The standard InChI is InChI=1S/C27H23N3OS/c1-19-24(26(31)30-22-15-9-4-10-16-22)25(21-13-7-3-8-14-21)23(17-28)27(29-19)32-18-20-11-5-2-6-12-20/h2-16,25,29H,18H2,1H3,(H,30,31)/t25-/m1/s1. The topological polar surface area (TPSA) is 64.9 Å². The van der Waals surface area contributed by atoms with Gasteiger partial charge in [-0.15, -0.1) is 11.8 Å². The zero-order chi connectivity index (χ0) is 22.3. The molecule has 0 saturated heterocycles. The van der Waals surface area contributed by atoms with Crippen LogP contribution in [0.3, 0.4) is 0 Å². The second kappa shape index (κ2) is 10.0. The van der Waals surface area contributed by atoms with Crippen LogP contribution in [0.5, 0.6) is 0 Å². The molecule has 1 aliphatic heterocycles. The van der Waals surface area contributed by atoms with Crippen LogP contribution in [0, 0.1) is 11.3 Å². The molecule has 0 spiro atoms. The summed E-state index contributed by atoms with van der Waals surface area (Å²) in [6.45, 7) is 1.90. The van der Waals surface area contributed by atoms with E-state index in [0.29, 0.717) is 11.1 Å². The number of carbonyl (C=O) groups is 1. The zero-order valence-electron chi connectivity index (χ0n) is 17.7. The van der Waals surface area contributed by atoms with Gasteiger partial charge in [-0.1, -0.05) is 78.9 Å². The maximum Gasteiger partial charge on any atom is 0.254 e. The predicted molar refractivity (Wildman–Crippen MR) is 130 cm³/mol. The third kappa shape index (κ3) is 4.77. The normalized spacial score (nSPS) is 15.7. The Bertz CT molecular complexity index is 1200. The highest BCUT2D eigenvalue weighted by atomic mass is 32.2. The summed E-state index contributed by atoms with van der Waals surface area (Å²) in [4.78, 5) is 13.4. The third-order valence-corrected chi connectivity index (χ3v) is 6.37. The van der Waals surface area contributed by atoms with Crippen LogP contribution >= 0.6 is 11.8 Å². The number of nitriles is 1. The summed E-state index contributed by atoms with van der Waals surface area (Å²) in [5.41, 5.74) is 4.68. The number of hydrogen-bond donors (Lipinski definition) is 2. The molecule has 5 heteroatoms. The van der Waals surface area contributed by atoms with Gasteiger partial charge in [0.25, 0.3) is 5.91 Å². The second-order valence-corrected chi connectivity index (χ2v) is 8.44. The Morgan fingerprint density at radius 1 is 0.969 bits per heavy atom. The summed E-state index contributed by atoms with van der Waals surface area (Å²) < 4.78 is 0. The van der Waals surface area contributed by atoms with Crippen molar-refractivity contribution in [1.82, 2.24) is 5.32 Å². The smallest absolute Gasteiger partial charge is 0.254 e. The van der Waals surface area contributed by atoms with Crippen molar-refractivity contribution in [3.63, 3.8) is 0 Å². The van der Waals surface area contributed by atoms with Gasteiger partial charge in [-0.2, -0.15) is 5.26 Å². The van der Waals surface area contributed by atoms with Gasteiger partial charge in [-0.25, -0.2) is 0 Å². The van der Waals surface area contributed by atoms with Crippen LogP contribution < -0.4 is 10.6 Å². The van der Waals surface area contributed by atoms with Crippen LogP contribution in [0.15, 0.2) is 113 Å². The number of para-hydroxylation sites is 1. The van der Waals surface area contributed by atoms with Crippen molar-refractivity contribution in [3.05, 3.63) is 124 Å². The Labute approximate surface area is 192 Å². The first-order chi connectivity index (χ1) is 15.7. The van der Waals surface area contributed by atoms with E-state index >= 15 is 0 Å². The monoisotopic (exact) mass is 437 g/mol. The molecular weight excluding hydrogens is 414 g/mol. The van der Waals surface area contributed by atoms with E-state index in [0.717, 1.165) is 27.7 Å². The van der Waals surface area contributed by atoms with Gasteiger partial charge in [0.15, 0.2) is 0 Å². The number of dihydropyridines is 1. The van der Waals surface area contributed by atoms with Crippen molar-refractivity contribution in [2.45, 2.75) is 18.6 Å².